The molecule has 3 N–H and O–H groups in total. The highest BCUT2D eigenvalue weighted by Crippen LogP contribution is 2.76. The van der Waals surface area contributed by atoms with E-state index in [1.54, 1.807) is 0 Å². The number of fused-ring (bicyclic) bond motifs is 2. The predicted octanol–water partition coefficient (Wildman–Crippen LogP) is 1.40. The van der Waals surface area contributed by atoms with Gasteiger partial charge in [0.15, 0.2) is 11.6 Å². The molecule has 8 atom stereocenters. The van der Waals surface area contributed by atoms with E-state index >= 15 is 0 Å². The Labute approximate surface area is 148 Å². The number of carbonyl (C=O) groups is 1. The van der Waals surface area contributed by atoms with Crippen molar-refractivity contribution in [1.82, 2.24) is 0 Å². The number of aliphatic hydroxyl groups is 3. The lowest BCUT2D eigenvalue weighted by atomic mass is 9.36. The van der Waals surface area contributed by atoms with Gasteiger partial charge < -0.3 is 20.1 Å². The summed E-state index contributed by atoms with van der Waals surface area (Å²) < 4.78 is 5.94. The predicted molar refractivity (Wildman–Crippen MR) is 89.3 cm³/mol. The molecule has 4 bridgehead atoms. The molecule has 2 aliphatic heterocycles. The molecule has 138 valence electrons. The average Bonchev–Trinajstić information content (AvgIpc) is 2.68. The molecule has 4 unspecified atom stereocenters. The first-order valence-corrected chi connectivity index (χ1v) is 9.59. The van der Waals surface area contributed by atoms with Crippen LogP contribution in [-0.2, 0) is 9.53 Å². The number of aliphatic hydroxyl groups excluding tert-OH is 2. The van der Waals surface area contributed by atoms with Crippen LogP contribution in [-0.4, -0.2) is 45.7 Å². The van der Waals surface area contributed by atoms with E-state index in [1.165, 1.54) is 0 Å². The van der Waals surface area contributed by atoms with Crippen LogP contribution in [0.25, 0.3) is 0 Å². The van der Waals surface area contributed by atoms with Crippen molar-refractivity contribution >= 4 is 5.78 Å². The summed E-state index contributed by atoms with van der Waals surface area (Å²) >= 11 is 0. The maximum atomic E-state index is 13.3. The van der Waals surface area contributed by atoms with Gasteiger partial charge in [0.05, 0.1) is 18.8 Å². The molecule has 2 saturated heterocycles. The maximum absolute atomic E-state index is 13.3. The summed E-state index contributed by atoms with van der Waals surface area (Å²) in [7, 11) is 0. The second kappa shape index (κ2) is 4.38. The summed E-state index contributed by atoms with van der Waals surface area (Å²) in [4.78, 5) is 13.3. The second-order valence-electron chi connectivity index (χ2n) is 9.89. The largest absolute Gasteiger partial charge is 0.392 e. The molecule has 0 aromatic rings. The fourth-order valence-electron chi connectivity index (χ4n) is 7.74. The first kappa shape index (κ1) is 16.4. The topological polar surface area (TPSA) is 87.0 Å². The summed E-state index contributed by atoms with van der Waals surface area (Å²) in [5.41, 5.74) is -1.54. The quantitative estimate of drug-likeness (QED) is 0.576. The fraction of sp³-hybridized carbons (Fsp3) is 0.850. The van der Waals surface area contributed by atoms with E-state index in [2.05, 4.69) is 20.4 Å². The van der Waals surface area contributed by atoms with Crippen molar-refractivity contribution in [2.45, 2.75) is 63.9 Å². The van der Waals surface area contributed by atoms with E-state index in [9.17, 15) is 20.1 Å². The third kappa shape index (κ3) is 1.44. The van der Waals surface area contributed by atoms with E-state index in [-0.39, 0.29) is 35.6 Å². The molecule has 2 heterocycles. The highest BCUT2D eigenvalue weighted by atomic mass is 16.6. The first-order valence-electron chi connectivity index (χ1n) is 9.59. The molecule has 0 aromatic carbocycles. The zero-order chi connectivity index (χ0) is 18.0. The van der Waals surface area contributed by atoms with Crippen LogP contribution in [0, 0.1) is 34.0 Å². The van der Waals surface area contributed by atoms with Gasteiger partial charge >= 0.3 is 0 Å². The lowest BCUT2D eigenvalue weighted by Crippen LogP contribution is -2.80. The van der Waals surface area contributed by atoms with Crippen molar-refractivity contribution in [2.75, 3.05) is 6.61 Å². The summed E-state index contributed by atoms with van der Waals surface area (Å²) in [6, 6.07) is 0. The molecule has 25 heavy (non-hydrogen) atoms. The average molecular weight is 348 g/mol. The third-order valence-corrected chi connectivity index (χ3v) is 8.89. The summed E-state index contributed by atoms with van der Waals surface area (Å²) in [5, 5.41) is 33.8. The van der Waals surface area contributed by atoms with Crippen LogP contribution in [0.5, 0.6) is 0 Å². The SMILES string of the molecule is C=C1C(=O)C23C(CCC1[C@@H]2O)[C@@]12CO[C@]3(O)CC1C(C)(C)CC[C@@H]2O. The molecule has 6 aliphatic rings. The lowest BCUT2D eigenvalue weighted by molar-refractivity contribution is -0.426. The summed E-state index contributed by atoms with van der Waals surface area (Å²) in [6.45, 7) is 8.59. The van der Waals surface area contributed by atoms with Gasteiger partial charge in [-0.3, -0.25) is 4.79 Å². The summed E-state index contributed by atoms with van der Waals surface area (Å²) in [5.74, 6) is -2.37. The van der Waals surface area contributed by atoms with Crippen LogP contribution in [0.1, 0.15) is 46.0 Å². The van der Waals surface area contributed by atoms with Crippen LogP contribution >= 0.6 is 0 Å². The molecular weight excluding hydrogens is 320 g/mol. The van der Waals surface area contributed by atoms with Crippen LogP contribution in [0.15, 0.2) is 12.2 Å². The minimum absolute atomic E-state index is 0.0426. The maximum Gasteiger partial charge on any atom is 0.181 e. The molecule has 0 radical (unpaired) electrons. The van der Waals surface area contributed by atoms with Crippen LogP contribution in [0.2, 0.25) is 0 Å². The van der Waals surface area contributed by atoms with Gasteiger partial charge in [-0.2, -0.15) is 0 Å². The van der Waals surface area contributed by atoms with E-state index in [0.717, 1.165) is 12.8 Å². The molecule has 0 aromatic heterocycles. The Morgan fingerprint density at radius 2 is 1.88 bits per heavy atom. The van der Waals surface area contributed by atoms with Gasteiger partial charge in [-0.25, -0.2) is 0 Å². The Hall–Kier alpha value is -0.750. The molecule has 2 spiro atoms. The van der Waals surface area contributed by atoms with Gasteiger partial charge in [0.1, 0.15) is 5.41 Å². The molecular formula is C20H28O5. The summed E-state index contributed by atoms with van der Waals surface area (Å²) in [6.07, 6.45) is 1.75. The Morgan fingerprint density at radius 3 is 2.60 bits per heavy atom. The normalized spacial score (nSPS) is 58.8. The van der Waals surface area contributed by atoms with Gasteiger partial charge in [-0.05, 0) is 48.5 Å². The Bertz CT molecular complexity index is 686. The van der Waals surface area contributed by atoms with Crippen LogP contribution in [0.4, 0.5) is 0 Å². The van der Waals surface area contributed by atoms with Crippen molar-refractivity contribution in [3.05, 3.63) is 12.2 Å². The number of ketones is 1. The Morgan fingerprint density at radius 1 is 1.16 bits per heavy atom. The fourth-order valence-corrected chi connectivity index (χ4v) is 7.74. The monoisotopic (exact) mass is 348 g/mol. The highest BCUT2D eigenvalue weighted by Gasteiger charge is 2.83. The van der Waals surface area contributed by atoms with Crippen LogP contribution in [0.3, 0.4) is 0 Å². The molecule has 6 rings (SSSR count). The first-order chi connectivity index (χ1) is 11.6. The van der Waals surface area contributed by atoms with Gasteiger partial charge in [0.2, 0.25) is 0 Å². The van der Waals surface area contributed by atoms with E-state index in [4.69, 9.17) is 4.74 Å². The molecule has 6 fully saturated rings. The third-order valence-electron chi connectivity index (χ3n) is 8.89. The molecule has 0 amide bonds. The smallest absolute Gasteiger partial charge is 0.181 e. The minimum Gasteiger partial charge on any atom is -0.392 e. The molecule has 5 heteroatoms. The van der Waals surface area contributed by atoms with Crippen molar-refractivity contribution in [1.29, 1.82) is 0 Å². The van der Waals surface area contributed by atoms with Crippen molar-refractivity contribution in [3.8, 4) is 0 Å². The molecule has 4 saturated carbocycles. The number of ether oxygens (including phenoxy) is 1. The zero-order valence-electron chi connectivity index (χ0n) is 15.0. The second-order valence-corrected chi connectivity index (χ2v) is 9.89. The lowest BCUT2D eigenvalue weighted by Gasteiger charge is -2.73. The number of rotatable bonds is 0. The molecule has 5 nitrogen and oxygen atoms in total. The van der Waals surface area contributed by atoms with Crippen molar-refractivity contribution < 1.29 is 24.9 Å². The van der Waals surface area contributed by atoms with Gasteiger partial charge in [-0.1, -0.05) is 20.4 Å². The zero-order valence-corrected chi connectivity index (χ0v) is 15.0. The highest BCUT2D eigenvalue weighted by molar-refractivity contribution is 6.05. The number of carbonyl (C=O) groups excluding carboxylic acids is 1. The Kier molecular flexibility index (Phi) is 2.88. The van der Waals surface area contributed by atoms with Crippen LogP contribution < -0.4 is 0 Å². The van der Waals surface area contributed by atoms with E-state index in [1.807, 2.05) is 0 Å². The van der Waals surface area contributed by atoms with Crippen molar-refractivity contribution in [2.24, 2.45) is 34.0 Å². The minimum atomic E-state index is -1.66. The standard InChI is InChI=1S/C20H28O5/c1-10-11-4-5-12-18-9-25-19(24,20(12,15(10)22)16(11)23)8-13(18)17(2,3)7-6-14(18)21/h11-14,16,21,23-24H,1,4-9H2,2-3H3/t11?,12?,13?,14-,16-,18-,19+,20?/m0/s1. The number of hydrogen-bond acceptors (Lipinski definition) is 5. The van der Waals surface area contributed by atoms with Gasteiger partial charge in [-0.15, -0.1) is 0 Å². The van der Waals surface area contributed by atoms with E-state index in [0.29, 0.717) is 24.8 Å². The van der Waals surface area contributed by atoms with Gasteiger partial charge in [0.25, 0.3) is 0 Å². The van der Waals surface area contributed by atoms with E-state index < -0.39 is 28.8 Å². The van der Waals surface area contributed by atoms with Gasteiger partial charge in [0, 0.05) is 17.8 Å². The number of hydrogen-bond donors (Lipinski definition) is 3. The Balaban J connectivity index is 1.77. The number of Topliss-reactive ketones (excluding diaryl/α,β-unsaturated/α-hetero) is 1. The van der Waals surface area contributed by atoms with Crippen molar-refractivity contribution in [3.63, 3.8) is 0 Å². The molecule has 4 aliphatic carbocycles.